The molecule has 0 radical (unpaired) electrons. The van der Waals surface area contributed by atoms with E-state index in [9.17, 15) is 18.0 Å². The molecule has 9 heteroatoms. The maximum absolute atomic E-state index is 13.4. The third kappa shape index (κ3) is 5.47. The zero-order valence-electron chi connectivity index (χ0n) is 20.2. The maximum Gasteiger partial charge on any atom is 0.264 e. The van der Waals surface area contributed by atoms with Crippen LogP contribution in [0.15, 0.2) is 34.5 Å². The first-order chi connectivity index (χ1) is 15.3. The fraction of sp³-hybridized carbons (Fsp3) is 0.500. The Labute approximate surface area is 201 Å². The Morgan fingerprint density at radius 2 is 1.64 bits per heavy atom. The number of rotatable bonds is 5. The molecule has 0 atom stereocenters. The van der Waals surface area contributed by atoms with Gasteiger partial charge < -0.3 is 9.80 Å². The lowest BCUT2D eigenvalue weighted by Crippen LogP contribution is -2.52. The van der Waals surface area contributed by atoms with Crippen LogP contribution >= 0.6 is 11.3 Å². The van der Waals surface area contributed by atoms with Crippen LogP contribution in [-0.4, -0.2) is 74.1 Å². The summed E-state index contributed by atoms with van der Waals surface area (Å²) in [4.78, 5) is 29.1. The molecule has 0 saturated carbocycles. The summed E-state index contributed by atoms with van der Waals surface area (Å²) >= 11 is 1.34. The van der Waals surface area contributed by atoms with E-state index >= 15 is 0 Å². The summed E-state index contributed by atoms with van der Waals surface area (Å²) in [5.74, 6) is -0.370. The lowest BCUT2D eigenvalue weighted by molar-refractivity contribution is -0.132. The molecule has 2 heterocycles. The van der Waals surface area contributed by atoms with Crippen molar-refractivity contribution >= 4 is 33.2 Å². The van der Waals surface area contributed by atoms with E-state index in [1.807, 2.05) is 31.4 Å². The number of carbonyl (C=O) groups excluding carboxylic acids is 2. The van der Waals surface area contributed by atoms with Crippen molar-refractivity contribution in [1.29, 1.82) is 0 Å². The second-order valence-electron chi connectivity index (χ2n) is 9.61. The average molecular weight is 492 g/mol. The normalized spacial score (nSPS) is 15.5. The molecule has 33 heavy (non-hydrogen) atoms. The van der Waals surface area contributed by atoms with Crippen LogP contribution in [0.5, 0.6) is 0 Å². The largest absolute Gasteiger partial charge is 0.339 e. The lowest BCUT2D eigenvalue weighted by atomic mass is 9.85. The minimum Gasteiger partial charge on any atom is -0.339 e. The number of sulfonamides is 1. The summed E-state index contributed by atoms with van der Waals surface area (Å²) in [6.45, 7) is 11.0. The average Bonchev–Trinajstić information content (AvgIpc) is 3.26. The highest BCUT2D eigenvalue weighted by Gasteiger charge is 2.33. The Kier molecular flexibility index (Phi) is 7.36. The van der Waals surface area contributed by atoms with Gasteiger partial charge >= 0.3 is 0 Å². The van der Waals surface area contributed by atoms with Crippen molar-refractivity contribution in [2.24, 2.45) is 0 Å². The Bertz CT molecular complexity index is 1100. The van der Waals surface area contributed by atoms with Crippen molar-refractivity contribution in [3.63, 3.8) is 0 Å². The lowest BCUT2D eigenvalue weighted by Gasteiger charge is -2.35. The van der Waals surface area contributed by atoms with E-state index in [1.165, 1.54) is 20.5 Å². The molecule has 0 spiro atoms. The summed E-state index contributed by atoms with van der Waals surface area (Å²) < 4.78 is 28.3. The van der Waals surface area contributed by atoms with Crippen molar-refractivity contribution in [3.05, 3.63) is 51.2 Å². The SMILES string of the molecule is Cc1cc(C(C)(C)C)cc(C)c1S(=O)(=O)N1CCN(C(=O)CN(C)C(=O)c2cccs2)CC1. The molecule has 1 aliphatic rings. The zero-order valence-corrected chi connectivity index (χ0v) is 21.8. The molecular weight excluding hydrogens is 458 g/mol. The van der Waals surface area contributed by atoms with Gasteiger partial charge in [0.25, 0.3) is 5.91 Å². The van der Waals surface area contributed by atoms with Gasteiger partial charge in [-0.1, -0.05) is 39.0 Å². The van der Waals surface area contributed by atoms with Gasteiger partial charge in [0, 0.05) is 33.2 Å². The molecule has 2 amide bonds. The van der Waals surface area contributed by atoms with Gasteiger partial charge in [0.05, 0.1) is 16.3 Å². The van der Waals surface area contributed by atoms with E-state index in [1.54, 1.807) is 24.1 Å². The van der Waals surface area contributed by atoms with Crippen LogP contribution in [0.25, 0.3) is 0 Å². The van der Waals surface area contributed by atoms with Crippen molar-refractivity contribution in [2.75, 3.05) is 39.8 Å². The Hall–Kier alpha value is -2.23. The van der Waals surface area contributed by atoms with E-state index in [0.717, 1.165) is 16.7 Å². The smallest absolute Gasteiger partial charge is 0.264 e. The van der Waals surface area contributed by atoms with Gasteiger partial charge in [0.1, 0.15) is 0 Å². The molecule has 2 aromatic rings. The minimum absolute atomic E-state index is 0.0318. The molecule has 180 valence electrons. The number of thiophene rings is 1. The summed E-state index contributed by atoms with van der Waals surface area (Å²) in [7, 11) is -2.06. The molecule has 7 nitrogen and oxygen atoms in total. The number of aryl methyl sites for hydroxylation is 2. The number of likely N-dealkylation sites (N-methyl/N-ethyl adjacent to an activating group) is 1. The molecule has 1 aromatic heterocycles. The van der Waals surface area contributed by atoms with Crippen LogP contribution < -0.4 is 0 Å². The predicted molar refractivity (Wildman–Crippen MR) is 131 cm³/mol. The van der Waals surface area contributed by atoms with Gasteiger partial charge in [-0.25, -0.2) is 8.42 Å². The topological polar surface area (TPSA) is 78.0 Å². The van der Waals surface area contributed by atoms with E-state index in [2.05, 4.69) is 20.8 Å². The highest BCUT2D eigenvalue weighted by atomic mass is 32.2. The van der Waals surface area contributed by atoms with Crippen LogP contribution in [0.2, 0.25) is 0 Å². The van der Waals surface area contributed by atoms with Gasteiger partial charge in [-0.3, -0.25) is 9.59 Å². The summed E-state index contributed by atoms with van der Waals surface area (Å²) in [6.07, 6.45) is 0. The number of hydrogen-bond donors (Lipinski definition) is 0. The third-order valence-corrected chi connectivity index (χ3v) is 9.03. The Morgan fingerprint density at radius 3 is 2.12 bits per heavy atom. The number of nitrogens with zero attached hydrogens (tertiary/aromatic N) is 3. The minimum atomic E-state index is -3.67. The number of piperazine rings is 1. The molecule has 0 unspecified atom stereocenters. The second kappa shape index (κ2) is 9.56. The Balaban J connectivity index is 1.66. The quantitative estimate of drug-likeness (QED) is 0.643. The number of hydrogen-bond acceptors (Lipinski definition) is 5. The molecule has 0 aliphatic carbocycles. The predicted octanol–water partition coefficient (Wildman–Crippen LogP) is 3.27. The second-order valence-corrected chi connectivity index (χ2v) is 12.4. The van der Waals surface area contributed by atoms with Crippen molar-refractivity contribution in [3.8, 4) is 0 Å². The maximum atomic E-state index is 13.4. The number of carbonyl (C=O) groups is 2. The molecule has 3 rings (SSSR count). The summed E-state index contributed by atoms with van der Waals surface area (Å²) in [5.41, 5.74) is 2.52. The van der Waals surface area contributed by atoms with E-state index in [-0.39, 0.29) is 36.9 Å². The summed E-state index contributed by atoms with van der Waals surface area (Å²) in [5, 5.41) is 1.82. The van der Waals surface area contributed by atoms with Gasteiger partial charge in [0.15, 0.2) is 0 Å². The fourth-order valence-corrected chi connectivity index (χ4v) is 6.61. The van der Waals surface area contributed by atoms with E-state index in [0.29, 0.717) is 22.9 Å². The van der Waals surface area contributed by atoms with Crippen molar-refractivity contribution < 1.29 is 18.0 Å². The number of benzene rings is 1. The van der Waals surface area contributed by atoms with Gasteiger partial charge in [-0.2, -0.15) is 4.31 Å². The Morgan fingerprint density at radius 1 is 1.06 bits per heavy atom. The van der Waals surface area contributed by atoms with Gasteiger partial charge in [-0.05, 0) is 47.4 Å². The van der Waals surface area contributed by atoms with E-state index in [4.69, 9.17) is 0 Å². The highest BCUT2D eigenvalue weighted by molar-refractivity contribution is 7.89. The van der Waals surface area contributed by atoms with Crippen molar-refractivity contribution in [1.82, 2.24) is 14.1 Å². The van der Waals surface area contributed by atoms with Crippen LogP contribution in [-0.2, 0) is 20.2 Å². The summed E-state index contributed by atoms with van der Waals surface area (Å²) in [6, 6.07) is 7.45. The first-order valence-electron chi connectivity index (χ1n) is 11.0. The number of amides is 2. The first kappa shape index (κ1) is 25.4. The molecule has 0 N–H and O–H groups in total. The van der Waals surface area contributed by atoms with E-state index < -0.39 is 10.0 Å². The van der Waals surface area contributed by atoms with Crippen LogP contribution in [0, 0.1) is 13.8 Å². The monoisotopic (exact) mass is 491 g/mol. The van der Waals surface area contributed by atoms with Gasteiger partial charge in [-0.15, -0.1) is 11.3 Å². The fourth-order valence-electron chi connectivity index (χ4n) is 4.06. The molecule has 1 aliphatic heterocycles. The van der Waals surface area contributed by atoms with Crippen molar-refractivity contribution in [2.45, 2.75) is 44.9 Å². The van der Waals surface area contributed by atoms with Crippen LogP contribution in [0.3, 0.4) is 0 Å². The van der Waals surface area contributed by atoms with Gasteiger partial charge in [0.2, 0.25) is 15.9 Å². The third-order valence-electron chi connectivity index (χ3n) is 5.97. The van der Waals surface area contributed by atoms with Crippen LogP contribution in [0.1, 0.15) is 47.1 Å². The molecular formula is C24H33N3O4S2. The molecule has 0 bridgehead atoms. The first-order valence-corrected chi connectivity index (χ1v) is 13.3. The standard InChI is InChI=1S/C24H33N3O4S2/c1-17-14-19(24(3,4)5)15-18(2)22(17)33(30,31)27-11-9-26(10-12-27)21(28)16-25(6)23(29)20-8-7-13-32-20/h7-8,13-15H,9-12,16H2,1-6H3. The zero-order chi connectivity index (χ0) is 24.6. The molecule has 1 fully saturated rings. The molecule has 1 saturated heterocycles. The molecule has 1 aromatic carbocycles. The van der Waals surface area contributed by atoms with Crippen LogP contribution in [0.4, 0.5) is 0 Å². The highest BCUT2D eigenvalue weighted by Crippen LogP contribution is 2.31.